The third-order valence-electron chi connectivity index (χ3n) is 4.37. The van der Waals surface area contributed by atoms with Crippen molar-refractivity contribution in [2.45, 2.75) is 32.9 Å². The van der Waals surface area contributed by atoms with Gasteiger partial charge in [0.25, 0.3) is 0 Å². The molecule has 0 radical (unpaired) electrons. The summed E-state index contributed by atoms with van der Waals surface area (Å²) in [4.78, 5) is 26.7. The number of carbonyl (C=O) groups excluding carboxylic acids is 2. The maximum absolute atomic E-state index is 13.0. The second kappa shape index (κ2) is 9.06. The first-order valence-electron chi connectivity index (χ1n) is 8.33. The van der Waals surface area contributed by atoms with Gasteiger partial charge in [0.2, 0.25) is 11.8 Å². The number of nitrogens with zero attached hydrogens (tertiary/aromatic N) is 1. The van der Waals surface area contributed by atoms with E-state index in [-0.39, 0.29) is 18.2 Å². The van der Waals surface area contributed by atoms with Crippen LogP contribution < -0.4 is 5.32 Å². The van der Waals surface area contributed by atoms with Crippen molar-refractivity contribution >= 4 is 35.0 Å². The smallest absolute Gasteiger partial charge is 0.242 e. The molecular weight excluding hydrogens is 371 g/mol. The van der Waals surface area contributed by atoms with Crippen molar-refractivity contribution in [3.8, 4) is 0 Å². The predicted octanol–water partition coefficient (Wildman–Crippen LogP) is 4.01. The van der Waals surface area contributed by atoms with Gasteiger partial charge in [0.15, 0.2) is 0 Å². The van der Waals surface area contributed by atoms with E-state index in [2.05, 4.69) is 5.32 Å². The number of benzene rings is 2. The molecule has 2 aromatic rings. The number of rotatable bonds is 6. The van der Waals surface area contributed by atoms with Gasteiger partial charge in [-0.1, -0.05) is 53.5 Å². The predicted molar refractivity (Wildman–Crippen MR) is 105 cm³/mol. The monoisotopic (exact) mass is 392 g/mol. The topological polar surface area (TPSA) is 49.4 Å². The van der Waals surface area contributed by atoms with Crippen LogP contribution in [0.5, 0.6) is 0 Å². The molecule has 1 atom stereocenters. The maximum Gasteiger partial charge on any atom is 0.242 e. The molecule has 2 rings (SSSR count). The number of hydrogen-bond acceptors (Lipinski definition) is 2. The Kier molecular flexibility index (Phi) is 7.06. The fraction of sp³-hybridized carbons (Fsp3) is 0.300. The number of amides is 2. The van der Waals surface area contributed by atoms with Gasteiger partial charge in [0.05, 0.1) is 6.42 Å². The molecule has 138 valence electrons. The van der Waals surface area contributed by atoms with Crippen LogP contribution in [0.15, 0.2) is 42.5 Å². The SMILES string of the molecule is CNC(=O)C(C)N(Cc1ccccc1C)C(=O)Cc1ccc(Cl)cc1Cl. The quantitative estimate of drug-likeness (QED) is 0.806. The zero-order valence-corrected chi connectivity index (χ0v) is 16.6. The lowest BCUT2D eigenvalue weighted by Crippen LogP contribution is -2.47. The van der Waals surface area contributed by atoms with Gasteiger partial charge in [-0.2, -0.15) is 0 Å². The summed E-state index contributed by atoms with van der Waals surface area (Å²) in [5.74, 6) is -0.386. The van der Waals surface area contributed by atoms with Crippen LogP contribution in [0.4, 0.5) is 0 Å². The molecule has 0 spiro atoms. The summed E-state index contributed by atoms with van der Waals surface area (Å²) in [5, 5.41) is 3.56. The summed E-state index contributed by atoms with van der Waals surface area (Å²) in [6.45, 7) is 4.06. The van der Waals surface area contributed by atoms with Crippen LogP contribution in [-0.2, 0) is 22.6 Å². The van der Waals surface area contributed by atoms with Crippen LogP contribution in [0.1, 0.15) is 23.6 Å². The van der Waals surface area contributed by atoms with Gasteiger partial charge in [0.1, 0.15) is 6.04 Å². The molecule has 1 unspecified atom stereocenters. The highest BCUT2D eigenvalue weighted by atomic mass is 35.5. The molecule has 0 aliphatic rings. The van der Waals surface area contributed by atoms with E-state index >= 15 is 0 Å². The van der Waals surface area contributed by atoms with E-state index in [9.17, 15) is 9.59 Å². The Morgan fingerprint density at radius 2 is 1.81 bits per heavy atom. The summed E-state index contributed by atoms with van der Waals surface area (Å²) in [6.07, 6.45) is 0.100. The normalized spacial score (nSPS) is 11.7. The summed E-state index contributed by atoms with van der Waals surface area (Å²) in [5.41, 5.74) is 2.75. The number of carbonyl (C=O) groups is 2. The van der Waals surface area contributed by atoms with E-state index in [1.54, 1.807) is 37.1 Å². The fourth-order valence-electron chi connectivity index (χ4n) is 2.69. The number of aryl methyl sites for hydroxylation is 1. The van der Waals surface area contributed by atoms with E-state index < -0.39 is 6.04 Å². The Bertz CT molecular complexity index is 808. The average Bonchev–Trinajstić information content (AvgIpc) is 2.62. The van der Waals surface area contributed by atoms with Gasteiger partial charge in [0, 0.05) is 23.6 Å². The Labute approximate surface area is 164 Å². The molecule has 2 amide bonds. The Morgan fingerprint density at radius 3 is 2.42 bits per heavy atom. The number of nitrogens with one attached hydrogen (secondary N) is 1. The van der Waals surface area contributed by atoms with Crippen LogP contribution >= 0.6 is 23.2 Å². The molecule has 1 N–H and O–H groups in total. The Balaban J connectivity index is 2.28. The lowest BCUT2D eigenvalue weighted by atomic mass is 10.1. The van der Waals surface area contributed by atoms with E-state index in [1.807, 2.05) is 31.2 Å². The second-order valence-electron chi connectivity index (χ2n) is 6.15. The molecule has 0 aliphatic carbocycles. The number of hydrogen-bond donors (Lipinski definition) is 1. The van der Waals surface area contributed by atoms with Crippen LogP contribution in [-0.4, -0.2) is 29.8 Å². The van der Waals surface area contributed by atoms with E-state index in [0.29, 0.717) is 22.2 Å². The van der Waals surface area contributed by atoms with Gasteiger partial charge >= 0.3 is 0 Å². The van der Waals surface area contributed by atoms with Crippen LogP contribution in [0, 0.1) is 6.92 Å². The molecule has 0 heterocycles. The van der Waals surface area contributed by atoms with Gasteiger partial charge in [-0.05, 0) is 42.7 Å². The first-order valence-corrected chi connectivity index (χ1v) is 9.08. The average molecular weight is 393 g/mol. The summed E-state index contributed by atoms with van der Waals surface area (Å²) in [6, 6.07) is 12.3. The molecule has 4 nitrogen and oxygen atoms in total. The van der Waals surface area contributed by atoms with Crippen molar-refractivity contribution in [1.29, 1.82) is 0 Å². The van der Waals surface area contributed by atoms with Crippen molar-refractivity contribution < 1.29 is 9.59 Å². The Hall–Kier alpha value is -2.04. The van der Waals surface area contributed by atoms with E-state index in [1.165, 1.54) is 0 Å². The molecule has 2 aromatic carbocycles. The minimum absolute atomic E-state index is 0.100. The van der Waals surface area contributed by atoms with Gasteiger partial charge in [-0.15, -0.1) is 0 Å². The molecule has 0 aliphatic heterocycles. The Morgan fingerprint density at radius 1 is 1.12 bits per heavy atom. The standard InChI is InChI=1S/C20H22Cl2N2O2/c1-13-6-4-5-7-16(13)12-24(14(2)20(26)23-3)19(25)10-15-8-9-17(21)11-18(15)22/h4-9,11,14H,10,12H2,1-3H3,(H,23,26). The van der Waals surface area contributed by atoms with Crippen LogP contribution in [0.2, 0.25) is 10.0 Å². The third kappa shape index (κ3) is 4.99. The minimum Gasteiger partial charge on any atom is -0.357 e. The molecule has 0 saturated heterocycles. The van der Waals surface area contributed by atoms with Gasteiger partial charge < -0.3 is 10.2 Å². The van der Waals surface area contributed by atoms with Crippen molar-refractivity contribution in [3.05, 3.63) is 69.2 Å². The second-order valence-corrected chi connectivity index (χ2v) is 6.99. The highest BCUT2D eigenvalue weighted by Crippen LogP contribution is 2.23. The summed E-state index contributed by atoms with van der Waals surface area (Å²) >= 11 is 12.1. The van der Waals surface area contributed by atoms with Crippen molar-refractivity contribution in [2.24, 2.45) is 0 Å². The van der Waals surface area contributed by atoms with E-state index in [4.69, 9.17) is 23.2 Å². The largest absolute Gasteiger partial charge is 0.357 e. The molecule has 0 fully saturated rings. The fourth-order valence-corrected chi connectivity index (χ4v) is 3.17. The van der Waals surface area contributed by atoms with Gasteiger partial charge in [-0.3, -0.25) is 9.59 Å². The zero-order chi connectivity index (χ0) is 19.3. The summed E-state index contributed by atoms with van der Waals surface area (Å²) in [7, 11) is 1.56. The minimum atomic E-state index is -0.599. The summed E-state index contributed by atoms with van der Waals surface area (Å²) < 4.78 is 0. The molecule has 6 heteroatoms. The lowest BCUT2D eigenvalue weighted by molar-refractivity contribution is -0.139. The highest BCUT2D eigenvalue weighted by Gasteiger charge is 2.26. The lowest BCUT2D eigenvalue weighted by Gasteiger charge is -2.29. The molecule has 0 bridgehead atoms. The third-order valence-corrected chi connectivity index (χ3v) is 4.96. The van der Waals surface area contributed by atoms with Crippen molar-refractivity contribution in [3.63, 3.8) is 0 Å². The highest BCUT2D eigenvalue weighted by molar-refractivity contribution is 6.35. The number of likely N-dealkylation sites (N-methyl/N-ethyl adjacent to an activating group) is 1. The molecular formula is C20H22Cl2N2O2. The number of halogens is 2. The van der Waals surface area contributed by atoms with Crippen LogP contribution in [0.3, 0.4) is 0 Å². The maximum atomic E-state index is 13.0. The zero-order valence-electron chi connectivity index (χ0n) is 15.1. The molecule has 0 aromatic heterocycles. The van der Waals surface area contributed by atoms with Crippen molar-refractivity contribution in [1.82, 2.24) is 10.2 Å². The van der Waals surface area contributed by atoms with Crippen molar-refractivity contribution in [2.75, 3.05) is 7.05 Å². The first-order chi connectivity index (χ1) is 12.3. The molecule has 0 saturated carbocycles. The van der Waals surface area contributed by atoms with Gasteiger partial charge in [-0.25, -0.2) is 0 Å². The first kappa shape index (κ1) is 20.3. The van der Waals surface area contributed by atoms with E-state index in [0.717, 1.165) is 11.1 Å². The molecule has 26 heavy (non-hydrogen) atoms. The van der Waals surface area contributed by atoms with Crippen LogP contribution in [0.25, 0.3) is 0 Å².